The summed E-state index contributed by atoms with van der Waals surface area (Å²) < 4.78 is 27.9. The Morgan fingerprint density at radius 2 is 1.77 bits per heavy atom. The fourth-order valence-corrected chi connectivity index (χ4v) is 7.20. The van der Waals surface area contributed by atoms with Crippen LogP contribution in [-0.2, 0) is 16.6 Å². The summed E-state index contributed by atoms with van der Waals surface area (Å²) in [4.78, 5) is 23.7. The van der Waals surface area contributed by atoms with Crippen molar-refractivity contribution in [2.24, 2.45) is 0 Å². The summed E-state index contributed by atoms with van der Waals surface area (Å²) in [5.41, 5.74) is 3.26. The summed E-state index contributed by atoms with van der Waals surface area (Å²) in [6.07, 6.45) is 0. The number of fused-ring (bicyclic) bond motifs is 1. The molecule has 0 bridgehead atoms. The number of halogens is 1. The van der Waals surface area contributed by atoms with Crippen LogP contribution >= 0.6 is 22.9 Å². The Bertz CT molecular complexity index is 1550. The highest BCUT2D eigenvalue weighted by Crippen LogP contribution is 2.31. The highest BCUT2D eigenvalue weighted by Gasteiger charge is 2.30. The van der Waals surface area contributed by atoms with Crippen LogP contribution in [0.4, 0.5) is 0 Å². The molecule has 1 saturated heterocycles. The van der Waals surface area contributed by atoms with Gasteiger partial charge in [0.25, 0.3) is 5.56 Å². The Kier molecular flexibility index (Phi) is 6.54. The largest absolute Gasteiger partial charge is 0.309 e. The number of hydrogen-bond acceptors (Lipinski definition) is 6. The monoisotopic (exact) mass is 528 g/mol. The lowest BCUT2D eigenvalue weighted by molar-refractivity contribution is 0.178. The first-order valence-corrected chi connectivity index (χ1v) is 14.0. The van der Waals surface area contributed by atoms with E-state index in [4.69, 9.17) is 16.6 Å². The van der Waals surface area contributed by atoms with Crippen molar-refractivity contribution in [1.29, 1.82) is 0 Å². The molecule has 3 heterocycles. The summed E-state index contributed by atoms with van der Waals surface area (Å²) in [6.45, 7) is 6.08. The van der Waals surface area contributed by atoms with Crippen LogP contribution in [0.25, 0.3) is 21.3 Å². The minimum atomic E-state index is -3.55. The van der Waals surface area contributed by atoms with Gasteiger partial charge in [0.05, 0.1) is 16.8 Å². The molecule has 1 aliphatic heterocycles. The lowest BCUT2D eigenvalue weighted by atomic mass is 10.1. The number of nitrogens with zero attached hydrogens (tertiary/aromatic N) is 3. The van der Waals surface area contributed by atoms with E-state index >= 15 is 0 Å². The van der Waals surface area contributed by atoms with E-state index in [9.17, 15) is 13.2 Å². The Morgan fingerprint density at radius 1 is 1.06 bits per heavy atom. The fraction of sp³-hybridized carbons (Fsp3) is 0.280. The molecule has 35 heavy (non-hydrogen) atoms. The molecule has 1 fully saturated rings. The predicted molar refractivity (Wildman–Crippen MR) is 141 cm³/mol. The third-order valence-corrected chi connectivity index (χ3v) is 9.48. The number of thiophene rings is 1. The van der Waals surface area contributed by atoms with Crippen molar-refractivity contribution in [3.05, 3.63) is 80.2 Å². The van der Waals surface area contributed by atoms with Gasteiger partial charge < -0.3 is 4.98 Å². The van der Waals surface area contributed by atoms with Crippen LogP contribution in [0.1, 0.15) is 17.0 Å². The summed E-state index contributed by atoms with van der Waals surface area (Å²) in [5, 5.41) is 3.16. The number of benzene rings is 2. The maximum atomic E-state index is 13.2. The van der Waals surface area contributed by atoms with Gasteiger partial charge in [-0.2, -0.15) is 4.31 Å². The zero-order chi connectivity index (χ0) is 24.7. The lowest BCUT2D eigenvalue weighted by Gasteiger charge is -2.33. The quantitative estimate of drug-likeness (QED) is 0.414. The van der Waals surface area contributed by atoms with Crippen molar-refractivity contribution < 1.29 is 8.42 Å². The highest BCUT2D eigenvalue weighted by atomic mass is 35.5. The molecule has 2 aromatic heterocycles. The summed E-state index contributed by atoms with van der Waals surface area (Å²) in [5.74, 6) is 0.581. The number of sulfonamides is 1. The molecular weight excluding hydrogens is 504 g/mol. The number of aromatic amines is 1. The van der Waals surface area contributed by atoms with Gasteiger partial charge in [-0.25, -0.2) is 13.4 Å². The topological polar surface area (TPSA) is 86.4 Å². The number of piperazine rings is 1. The minimum Gasteiger partial charge on any atom is -0.309 e. The maximum Gasteiger partial charge on any atom is 0.260 e. The molecule has 1 aliphatic rings. The van der Waals surface area contributed by atoms with Gasteiger partial charge in [0, 0.05) is 42.1 Å². The van der Waals surface area contributed by atoms with Crippen molar-refractivity contribution in [2.75, 3.05) is 26.2 Å². The average Bonchev–Trinajstić information content (AvgIpc) is 3.26. The molecule has 0 unspecified atom stereocenters. The standard InChI is InChI=1S/C25H25ClN4O3S2/c1-16-3-4-17(2)21(13-16)35(32,33)30-11-9-29(10-12-30)14-22-27-24(31)23-20(15-34-25(23)28-22)18-5-7-19(26)8-6-18/h3-8,13,15H,9-12,14H2,1-2H3,(H,27,28,31). The van der Waals surface area contributed by atoms with Crippen LogP contribution in [0.5, 0.6) is 0 Å². The Balaban J connectivity index is 1.31. The molecule has 0 radical (unpaired) electrons. The lowest BCUT2D eigenvalue weighted by Crippen LogP contribution is -2.48. The molecule has 10 heteroatoms. The van der Waals surface area contributed by atoms with Crippen LogP contribution in [0.2, 0.25) is 5.02 Å². The Morgan fingerprint density at radius 3 is 2.49 bits per heavy atom. The fourth-order valence-electron chi connectivity index (χ4n) is 4.37. The van der Waals surface area contributed by atoms with Crippen LogP contribution < -0.4 is 5.56 Å². The molecule has 1 N–H and O–H groups in total. The van der Waals surface area contributed by atoms with E-state index in [2.05, 4.69) is 9.88 Å². The van der Waals surface area contributed by atoms with Crippen LogP contribution in [0.15, 0.2) is 57.5 Å². The summed E-state index contributed by atoms with van der Waals surface area (Å²) >= 11 is 7.43. The molecule has 4 aromatic rings. The van der Waals surface area contributed by atoms with Crippen molar-refractivity contribution in [2.45, 2.75) is 25.3 Å². The number of nitrogens with one attached hydrogen (secondary N) is 1. The van der Waals surface area contributed by atoms with E-state index < -0.39 is 10.0 Å². The number of hydrogen-bond donors (Lipinski definition) is 1. The summed E-state index contributed by atoms with van der Waals surface area (Å²) in [7, 11) is -3.55. The van der Waals surface area contributed by atoms with Crippen LogP contribution in [0.3, 0.4) is 0 Å². The molecule has 2 aromatic carbocycles. The molecule has 7 nitrogen and oxygen atoms in total. The third-order valence-electron chi connectivity index (χ3n) is 6.31. The first kappa shape index (κ1) is 24.1. The Labute approximate surface area is 213 Å². The van der Waals surface area contributed by atoms with Crippen LogP contribution in [-0.4, -0.2) is 53.8 Å². The van der Waals surface area contributed by atoms with Gasteiger partial charge in [0.1, 0.15) is 10.7 Å². The van der Waals surface area contributed by atoms with Gasteiger partial charge in [-0.1, -0.05) is 35.9 Å². The van der Waals surface area contributed by atoms with Crippen LogP contribution in [0, 0.1) is 13.8 Å². The zero-order valence-electron chi connectivity index (χ0n) is 19.4. The van der Waals surface area contributed by atoms with E-state index in [1.54, 1.807) is 22.5 Å². The molecular formula is C25H25ClN4O3S2. The van der Waals surface area contributed by atoms with Gasteiger partial charge >= 0.3 is 0 Å². The second kappa shape index (κ2) is 9.48. The number of H-pyrrole nitrogens is 1. The van der Waals surface area contributed by atoms with E-state index in [0.717, 1.165) is 22.3 Å². The second-order valence-electron chi connectivity index (χ2n) is 8.80. The molecule has 5 rings (SSSR count). The van der Waals surface area contributed by atoms with E-state index in [1.165, 1.54) is 11.3 Å². The van der Waals surface area contributed by atoms with Crippen molar-refractivity contribution in [3.63, 3.8) is 0 Å². The molecule has 0 amide bonds. The molecule has 0 saturated carbocycles. The van der Waals surface area contributed by atoms with Gasteiger partial charge in [-0.15, -0.1) is 11.3 Å². The number of rotatable bonds is 5. The Hall–Kier alpha value is -2.56. The van der Waals surface area contributed by atoms with E-state index in [1.807, 2.05) is 43.5 Å². The molecule has 0 spiro atoms. The SMILES string of the molecule is Cc1ccc(C)c(S(=O)(=O)N2CCN(Cc3nc4scc(-c5ccc(Cl)cc5)c4c(=O)[nH]3)CC2)c1. The molecule has 0 atom stereocenters. The predicted octanol–water partition coefficient (Wildman–Crippen LogP) is 4.43. The number of aromatic nitrogens is 2. The van der Waals surface area contributed by atoms with Crippen molar-refractivity contribution in [3.8, 4) is 11.1 Å². The van der Waals surface area contributed by atoms with E-state index in [-0.39, 0.29) is 5.56 Å². The zero-order valence-corrected chi connectivity index (χ0v) is 21.8. The van der Waals surface area contributed by atoms with Gasteiger partial charge in [-0.05, 0) is 48.7 Å². The second-order valence-corrected chi connectivity index (χ2v) is 12.0. The van der Waals surface area contributed by atoms with Crippen molar-refractivity contribution >= 4 is 43.2 Å². The van der Waals surface area contributed by atoms with Gasteiger partial charge in [-0.3, -0.25) is 9.69 Å². The first-order valence-electron chi connectivity index (χ1n) is 11.3. The third kappa shape index (κ3) is 4.79. The first-order chi connectivity index (χ1) is 16.7. The highest BCUT2D eigenvalue weighted by molar-refractivity contribution is 7.89. The number of aryl methyl sites for hydroxylation is 2. The maximum absolute atomic E-state index is 13.2. The molecule has 0 aliphatic carbocycles. The van der Waals surface area contributed by atoms with E-state index in [0.29, 0.717) is 58.7 Å². The smallest absolute Gasteiger partial charge is 0.260 e. The van der Waals surface area contributed by atoms with Crippen molar-refractivity contribution in [1.82, 2.24) is 19.2 Å². The van der Waals surface area contributed by atoms with Gasteiger partial charge in [0.2, 0.25) is 10.0 Å². The average molecular weight is 529 g/mol. The normalized spacial score (nSPS) is 15.6. The summed E-state index contributed by atoms with van der Waals surface area (Å²) in [6, 6.07) is 12.9. The molecule has 182 valence electrons. The minimum absolute atomic E-state index is 0.174. The van der Waals surface area contributed by atoms with Gasteiger partial charge in [0.15, 0.2) is 0 Å².